The molecule has 0 amide bonds. The van der Waals surface area contributed by atoms with Gasteiger partial charge in [0.1, 0.15) is 5.82 Å². The summed E-state index contributed by atoms with van der Waals surface area (Å²) in [5, 5.41) is 14.0. The second-order valence-corrected chi connectivity index (χ2v) is 3.76. The van der Waals surface area contributed by atoms with Gasteiger partial charge in [-0.25, -0.2) is 4.98 Å². The first kappa shape index (κ1) is 12.9. The first-order valence-corrected chi connectivity index (χ1v) is 5.84. The van der Waals surface area contributed by atoms with Crippen LogP contribution in [0.1, 0.15) is 12.7 Å². The van der Waals surface area contributed by atoms with Gasteiger partial charge in [0, 0.05) is 30.2 Å². The van der Waals surface area contributed by atoms with Crippen molar-refractivity contribution in [2.75, 3.05) is 11.9 Å². The standard InChI is InChI=1S/C12H14N4O3/c1-2-19-11-7-9(3-4-10(11)16(17)18)15-8-12-13-5-6-14-12/h3-7,15H,2,8H2,1H3,(H,13,14). The van der Waals surface area contributed by atoms with E-state index in [0.29, 0.717) is 13.2 Å². The van der Waals surface area contributed by atoms with Gasteiger partial charge in [0.05, 0.1) is 18.1 Å². The smallest absolute Gasteiger partial charge is 0.311 e. The number of hydrogen-bond donors (Lipinski definition) is 2. The number of H-pyrrole nitrogens is 1. The fourth-order valence-corrected chi connectivity index (χ4v) is 1.63. The molecule has 0 radical (unpaired) electrons. The first-order chi connectivity index (χ1) is 9.20. The van der Waals surface area contributed by atoms with E-state index < -0.39 is 4.92 Å². The maximum Gasteiger partial charge on any atom is 0.311 e. The van der Waals surface area contributed by atoms with Crippen molar-refractivity contribution in [1.29, 1.82) is 0 Å². The number of benzene rings is 1. The average molecular weight is 262 g/mol. The highest BCUT2D eigenvalue weighted by molar-refractivity contribution is 5.57. The summed E-state index contributed by atoms with van der Waals surface area (Å²) in [7, 11) is 0. The van der Waals surface area contributed by atoms with Crippen LogP contribution in [-0.4, -0.2) is 21.5 Å². The molecule has 1 aromatic heterocycles. The molecular weight excluding hydrogens is 248 g/mol. The molecule has 19 heavy (non-hydrogen) atoms. The monoisotopic (exact) mass is 262 g/mol. The van der Waals surface area contributed by atoms with Crippen LogP contribution in [0.3, 0.4) is 0 Å². The van der Waals surface area contributed by atoms with Crippen molar-refractivity contribution in [2.45, 2.75) is 13.5 Å². The molecule has 0 fully saturated rings. The van der Waals surface area contributed by atoms with Crippen LogP contribution in [0, 0.1) is 10.1 Å². The zero-order chi connectivity index (χ0) is 13.7. The molecule has 0 spiro atoms. The molecule has 0 atom stereocenters. The van der Waals surface area contributed by atoms with E-state index in [4.69, 9.17) is 4.74 Å². The Morgan fingerprint density at radius 2 is 2.37 bits per heavy atom. The van der Waals surface area contributed by atoms with Crippen LogP contribution in [0.2, 0.25) is 0 Å². The number of anilines is 1. The zero-order valence-electron chi connectivity index (χ0n) is 10.4. The predicted molar refractivity (Wildman–Crippen MR) is 70.2 cm³/mol. The van der Waals surface area contributed by atoms with E-state index >= 15 is 0 Å². The van der Waals surface area contributed by atoms with Crippen molar-refractivity contribution < 1.29 is 9.66 Å². The molecule has 2 rings (SSSR count). The number of nitro benzene ring substituents is 1. The van der Waals surface area contributed by atoms with Crippen LogP contribution in [0.15, 0.2) is 30.6 Å². The normalized spacial score (nSPS) is 10.2. The number of aromatic amines is 1. The van der Waals surface area contributed by atoms with Crippen molar-refractivity contribution in [3.63, 3.8) is 0 Å². The molecule has 2 aromatic rings. The van der Waals surface area contributed by atoms with Crippen molar-refractivity contribution in [2.24, 2.45) is 0 Å². The summed E-state index contributed by atoms with van der Waals surface area (Å²) in [4.78, 5) is 17.4. The fraction of sp³-hybridized carbons (Fsp3) is 0.250. The third-order valence-corrected chi connectivity index (χ3v) is 2.47. The van der Waals surface area contributed by atoms with E-state index in [0.717, 1.165) is 11.5 Å². The van der Waals surface area contributed by atoms with Gasteiger partial charge >= 0.3 is 5.69 Å². The Labute approximate surface area is 109 Å². The summed E-state index contributed by atoms with van der Waals surface area (Å²) in [6.45, 7) is 2.67. The highest BCUT2D eigenvalue weighted by atomic mass is 16.6. The molecular formula is C12H14N4O3. The molecule has 2 N–H and O–H groups in total. The molecule has 0 saturated carbocycles. The van der Waals surface area contributed by atoms with Crippen LogP contribution in [0.4, 0.5) is 11.4 Å². The van der Waals surface area contributed by atoms with Crippen molar-refractivity contribution in [3.8, 4) is 5.75 Å². The van der Waals surface area contributed by atoms with Gasteiger partial charge in [-0.05, 0) is 13.0 Å². The van der Waals surface area contributed by atoms with E-state index in [1.165, 1.54) is 6.07 Å². The molecule has 0 aliphatic carbocycles. The highest BCUT2D eigenvalue weighted by Crippen LogP contribution is 2.30. The Balaban J connectivity index is 2.13. The number of aromatic nitrogens is 2. The topological polar surface area (TPSA) is 93.1 Å². The summed E-state index contributed by atoms with van der Waals surface area (Å²) in [5.41, 5.74) is 0.704. The van der Waals surface area contributed by atoms with E-state index in [1.54, 1.807) is 31.5 Å². The molecule has 7 nitrogen and oxygen atoms in total. The molecule has 7 heteroatoms. The largest absolute Gasteiger partial charge is 0.487 e. The van der Waals surface area contributed by atoms with E-state index in [9.17, 15) is 10.1 Å². The number of nitro groups is 1. The molecule has 0 unspecified atom stereocenters. The van der Waals surface area contributed by atoms with Gasteiger partial charge in [-0.3, -0.25) is 10.1 Å². The van der Waals surface area contributed by atoms with Crippen LogP contribution in [-0.2, 0) is 6.54 Å². The molecule has 0 bridgehead atoms. The fourth-order valence-electron chi connectivity index (χ4n) is 1.63. The Morgan fingerprint density at radius 1 is 1.53 bits per heavy atom. The average Bonchev–Trinajstić information content (AvgIpc) is 2.90. The third-order valence-electron chi connectivity index (χ3n) is 2.47. The number of rotatable bonds is 6. The Morgan fingerprint density at radius 3 is 3.00 bits per heavy atom. The van der Waals surface area contributed by atoms with Gasteiger partial charge in [0.2, 0.25) is 0 Å². The van der Waals surface area contributed by atoms with Crippen molar-refractivity contribution >= 4 is 11.4 Å². The summed E-state index contributed by atoms with van der Waals surface area (Å²) >= 11 is 0. The van der Waals surface area contributed by atoms with Crippen LogP contribution in [0.25, 0.3) is 0 Å². The Kier molecular flexibility index (Phi) is 3.97. The third kappa shape index (κ3) is 3.21. The Bertz CT molecular complexity index is 554. The van der Waals surface area contributed by atoms with E-state index in [2.05, 4.69) is 15.3 Å². The summed E-state index contributed by atoms with van der Waals surface area (Å²) in [5.74, 6) is 1.05. The zero-order valence-corrected chi connectivity index (χ0v) is 10.4. The Hall–Kier alpha value is -2.57. The minimum Gasteiger partial charge on any atom is -0.487 e. The summed E-state index contributed by atoms with van der Waals surface area (Å²) in [6.07, 6.45) is 3.40. The van der Waals surface area contributed by atoms with E-state index in [1.807, 2.05) is 0 Å². The molecule has 1 heterocycles. The highest BCUT2D eigenvalue weighted by Gasteiger charge is 2.15. The maximum absolute atomic E-state index is 10.8. The first-order valence-electron chi connectivity index (χ1n) is 5.84. The van der Waals surface area contributed by atoms with Gasteiger partial charge in [-0.2, -0.15) is 0 Å². The number of ether oxygens (including phenoxy) is 1. The quantitative estimate of drug-likeness (QED) is 0.615. The minimum atomic E-state index is -0.457. The van der Waals surface area contributed by atoms with Gasteiger partial charge < -0.3 is 15.0 Å². The summed E-state index contributed by atoms with van der Waals surface area (Å²) < 4.78 is 5.27. The second-order valence-electron chi connectivity index (χ2n) is 3.76. The van der Waals surface area contributed by atoms with Gasteiger partial charge in [-0.15, -0.1) is 0 Å². The van der Waals surface area contributed by atoms with Gasteiger partial charge in [0.25, 0.3) is 0 Å². The van der Waals surface area contributed by atoms with Crippen LogP contribution >= 0.6 is 0 Å². The van der Waals surface area contributed by atoms with Crippen LogP contribution < -0.4 is 10.1 Å². The lowest BCUT2D eigenvalue weighted by atomic mass is 10.2. The van der Waals surface area contributed by atoms with Gasteiger partial charge in [0.15, 0.2) is 5.75 Å². The molecule has 1 aromatic carbocycles. The number of nitrogens with zero attached hydrogens (tertiary/aromatic N) is 2. The van der Waals surface area contributed by atoms with E-state index in [-0.39, 0.29) is 11.4 Å². The molecule has 0 aliphatic rings. The lowest BCUT2D eigenvalue weighted by Gasteiger charge is -2.08. The summed E-state index contributed by atoms with van der Waals surface area (Å²) in [6, 6.07) is 4.68. The minimum absolute atomic E-state index is 0.0367. The van der Waals surface area contributed by atoms with Crippen LogP contribution in [0.5, 0.6) is 5.75 Å². The molecule has 100 valence electrons. The maximum atomic E-state index is 10.8. The van der Waals surface area contributed by atoms with Gasteiger partial charge in [-0.1, -0.05) is 0 Å². The van der Waals surface area contributed by atoms with Crippen molar-refractivity contribution in [1.82, 2.24) is 9.97 Å². The lowest BCUT2D eigenvalue weighted by Crippen LogP contribution is -2.03. The number of imidazole rings is 1. The second kappa shape index (κ2) is 5.85. The molecule has 0 saturated heterocycles. The molecule has 0 aliphatic heterocycles. The lowest BCUT2D eigenvalue weighted by molar-refractivity contribution is -0.385. The SMILES string of the molecule is CCOc1cc(NCc2ncc[nH]2)ccc1[N+](=O)[O-]. The number of hydrogen-bond acceptors (Lipinski definition) is 5. The van der Waals surface area contributed by atoms with Crippen molar-refractivity contribution in [3.05, 3.63) is 46.5 Å². The number of nitrogens with one attached hydrogen (secondary N) is 2. The predicted octanol–water partition coefficient (Wildman–Crippen LogP) is 2.33.